The molecule has 1 aromatic heterocycles. The predicted octanol–water partition coefficient (Wildman–Crippen LogP) is 3.16. The molecule has 2 nitrogen and oxygen atoms in total. The van der Waals surface area contributed by atoms with E-state index in [0.717, 1.165) is 0 Å². The largest absolute Gasteiger partial charge is 0.342 e. The monoisotopic (exact) mass is 255 g/mol. The zero-order valence-electron chi connectivity index (χ0n) is 9.68. The summed E-state index contributed by atoms with van der Waals surface area (Å²) in [6.07, 6.45) is 2.38. The van der Waals surface area contributed by atoms with E-state index in [1.807, 2.05) is 11.9 Å². The summed E-state index contributed by atoms with van der Waals surface area (Å²) in [5.41, 5.74) is 0. The summed E-state index contributed by atoms with van der Waals surface area (Å²) in [5, 5.41) is 2.52. The molecule has 4 heteroatoms. The van der Waals surface area contributed by atoms with Gasteiger partial charge in [0.25, 0.3) is 0 Å². The van der Waals surface area contributed by atoms with E-state index in [1.165, 1.54) is 17.7 Å². The maximum atomic E-state index is 11.8. The second-order valence-corrected chi connectivity index (χ2v) is 6.51. The van der Waals surface area contributed by atoms with Crippen LogP contribution < -0.4 is 0 Å². The number of carbonyl (C=O) groups excluding carboxylic acids is 1. The van der Waals surface area contributed by atoms with Gasteiger partial charge in [0.15, 0.2) is 0 Å². The molecule has 0 bridgehead atoms. The van der Waals surface area contributed by atoms with Gasteiger partial charge in [-0.2, -0.15) is 0 Å². The highest BCUT2D eigenvalue weighted by Crippen LogP contribution is 2.32. The minimum absolute atomic E-state index is 0.274. The molecule has 1 heterocycles. The van der Waals surface area contributed by atoms with Crippen molar-refractivity contribution >= 4 is 29.0 Å². The molecule has 0 aliphatic heterocycles. The number of thioether (sulfide) groups is 1. The Bertz CT molecular complexity index is 346. The Hall–Kier alpha value is -0.480. The molecule has 1 fully saturated rings. The minimum atomic E-state index is 0.274. The summed E-state index contributed by atoms with van der Waals surface area (Å²) in [4.78, 5) is 15.1. The second-order valence-electron chi connectivity index (χ2n) is 4.20. The van der Waals surface area contributed by atoms with Gasteiger partial charge in [0.1, 0.15) is 0 Å². The third kappa shape index (κ3) is 3.01. The molecule has 1 saturated carbocycles. The molecule has 1 aliphatic carbocycles. The van der Waals surface area contributed by atoms with Gasteiger partial charge in [-0.25, -0.2) is 0 Å². The van der Waals surface area contributed by atoms with Crippen molar-refractivity contribution in [1.82, 2.24) is 4.90 Å². The summed E-state index contributed by atoms with van der Waals surface area (Å²) >= 11 is 3.50. The van der Waals surface area contributed by atoms with Crippen LogP contribution in [0, 0.1) is 0 Å². The summed E-state index contributed by atoms with van der Waals surface area (Å²) < 4.78 is 0. The van der Waals surface area contributed by atoms with Crippen LogP contribution in [-0.2, 0) is 4.79 Å². The topological polar surface area (TPSA) is 20.3 Å². The molecular formula is C12H17NOS2. The Morgan fingerprint density at radius 1 is 1.69 bits per heavy atom. The van der Waals surface area contributed by atoms with Gasteiger partial charge in [-0.15, -0.1) is 23.1 Å². The van der Waals surface area contributed by atoms with E-state index in [1.54, 1.807) is 23.1 Å². The van der Waals surface area contributed by atoms with Gasteiger partial charge in [-0.1, -0.05) is 6.07 Å². The lowest BCUT2D eigenvalue weighted by atomic mass is 10.4. The second kappa shape index (κ2) is 5.23. The summed E-state index contributed by atoms with van der Waals surface area (Å²) in [6.45, 7) is 2.17. The molecule has 0 aromatic carbocycles. The van der Waals surface area contributed by atoms with Crippen LogP contribution in [0.25, 0.3) is 0 Å². The number of rotatable bonds is 5. The first-order chi connectivity index (χ1) is 7.68. The normalized spacial score (nSPS) is 17.1. The fraction of sp³-hybridized carbons (Fsp3) is 0.583. The highest BCUT2D eigenvalue weighted by atomic mass is 32.2. The molecule has 0 saturated heterocycles. The van der Waals surface area contributed by atoms with Crippen molar-refractivity contribution in [3.63, 3.8) is 0 Å². The van der Waals surface area contributed by atoms with Crippen molar-refractivity contribution in [2.24, 2.45) is 0 Å². The Morgan fingerprint density at radius 3 is 3.00 bits per heavy atom. The molecule has 16 heavy (non-hydrogen) atoms. The average molecular weight is 255 g/mol. The van der Waals surface area contributed by atoms with Gasteiger partial charge >= 0.3 is 0 Å². The maximum absolute atomic E-state index is 11.8. The molecule has 1 amide bonds. The molecule has 1 aromatic rings. The molecule has 1 atom stereocenters. The molecule has 0 radical (unpaired) electrons. The van der Waals surface area contributed by atoms with Crippen molar-refractivity contribution in [3.05, 3.63) is 22.4 Å². The van der Waals surface area contributed by atoms with Crippen LogP contribution in [0.15, 0.2) is 17.5 Å². The first-order valence-electron chi connectivity index (χ1n) is 5.59. The van der Waals surface area contributed by atoms with E-state index in [2.05, 4.69) is 24.4 Å². The van der Waals surface area contributed by atoms with Crippen molar-refractivity contribution in [3.8, 4) is 0 Å². The number of nitrogens with zero attached hydrogens (tertiary/aromatic N) is 1. The van der Waals surface area contributed by atoms with Crippen molar-refractivity contribution in [2.45, 2.75) is 31.1 Å². The van der Waals surface area contributed by atoms with Crippen LogP contribution in [0.2, 0.25) is 0 Å². The molecule has 0 spiro atoms. The highest BCUT2D eigenvalue weighted by Gasteiger charge is 2.29. The maximum Gasteiger partial charge on any atom is 0.232 e. The Kier molecular flexibility index (Phi) is 3.92. The third-order valence-corrected chi connectivity index (χ3v) is 5.26. The molecule has 2 rings (SSSR count). The van der Waals surface area contributed by atoms with E-state index >= 15 is 0 Å². The first-order valence-corrected chi connectivity index (χ1v) is 7.52. The average Bonchev–Trinajstić information content (AvgIpc) is 2.99. The van der Waals surface area contributed by atoms with E-state index < -0.39 is 0 Å². The van der Waals surface area contributed by atoms with Crippen LogP contribution in [0.5, 0.6) is 0 Å². The number of hydrogen-bond acceptors (Lipinski definition) is 3. The lowest BCUT2D eigenvalue weighted by Crippen LogP contribution is -2.30. The standard InChI is InChI=1S/C12H17NOS2/c1-9(11-4-3-7-15-11)16-8-12(14)13(2)10-5-6-10/h3-4,7,9-10H,5-6,8H2,1-2H3. The summed E-state index contributed by atoms with van der Waals surface area (Å²) in [6, 6.07) is 4.73. The number of carbonyl (C=O) groups is 1. The number of hydrogen-bond donors (Lipinski definition) is 0. The lowest BCUT2D eigenvalue weighted by Gasteiger charge is -2.17. The smallest absolute Gasteiger partial charge is 0.232 e. The predicted molar refractivity (Wildman–Crippen MR) is 71.0 cm³/mol. The van der Waals surface area contributed by atoms with Gasteiger partial charge < -0.3 is 4.90 Å². The van der Waals surface area contributed by atoms with Crippen LogP contribution in [0.3, 0.4) is 0 Å². The number of thiophene rings is 1. The number of amides is 1. The quantitative estimate of drug-likeness (QED) is 0.805. The molecule has 1 aliphatic rings. The van der Waals surface area contributed by atoms with Crippen molar-refractivity contribution < 1.29 is 4.79 Å². The van der Waals surface area contributed by atoms with Gasteiger partial charge in [0.2, 0.25) is 5.91 Å². The van der Waals surface area contributed by atoms with Gasteiger partial charge in [0, 0.05) is 23.2 Å². The van der Waals surface area contributed by atoms with Crippen molar-refractivity contribution in [2.75, 3.05) is 12.8 Å². The highest BCUT2D eigenvalue weighted by molar-refractivity contribution is 8.00. The van der Waals surface area contributed by atoms with Gasteiger partial charge in [-0.05, 0) is 31.2 Å². The Morgan fingerprint density at radius 2 is 2.44 bits per heavy atom. The van der Waals surface area contributed by atoms with Crippen LogP contribution in [0.4, 0.5) is 0 Å². The first kappa shape index (κ1) is 12.0. The fourth-order valence-electron chi connectivity index (χ4n) is 1.57. The summed E-state index contributed by atoms with van der Waals surface area (Å²) in [7, 11) is 1.93. The molecular weight excluding hydrogens is 238 g/mol. The van der Waals surface area contributed by atoms with E-state index in [9.17, 15) is 4.79 Å². The minimum Gasteiger partial charge on any atom is -0.342 e. The van der Waals surface area contributed by atoms with E-state index in [0.29, 0.717) is 17.0 Å². The Balaban J connectivity index is 1.76. The zero-order valence-corrected chi connectivity index (χ0v) is 11.3. The summed E-state index contributed by atoms with van der Waals surface area (Å²) in [5.74, 6) is 0.877. The van der Waals surface area contributed by atoms with Crippen LogP contribution in [-0.4, -0.2) is 29.6 Å². The van der Waals surface area contributed by atoms with Crippen LogP contribution >= 0.6 is 23.1 Å². The van der Waals surface area contributed by atoms with Gasteiger partial charge in [0.05, 0.1) is 5.75 Å². The Labute approximate surface area is 105 Å². The fourth-order valence-corrected chi connectivity index (χ4v) is 3.44. The molecule has 88 valence electrons. The lowest BCUT2D eigenvalue weighted by molar-refractivity contribution is -0.127. The van der Waals surface area contributed by atoms with Crippen LogP contribution in [0.1, 0.15) is 29.9 Å². The SMILES string of the molecule is CC(SCC(=O)N(C)C1CC1)c1cccs1. The third-order valence-electron chi connectivity index (χ3n) is 2.89. The van der Waals surface area contributed by atoms with E-state index in [-0.39, 0.29) is 5.91 Å². The van der Waals surface area contributed by atoms with Crippen molar-refractivity contribution in [1.29, 1.82) is 0 Å². The van der Waals surface area contributed by atoms with E-state index in [4.69, 9.17) is 0 Å². The molecule has 0 N–H and O–H groups in total. The van der Waals surface area contributed by atoms with Gasteiger partial charge in [-0.3, -0.25) is 4.79 Å². The zero-order chi connectivity index (χ0) is 11.5. The molecule has 1 unspecified atom stereocenters.